The molecule has 0 aliphatic rings. The van der Waals surface area contributed by atoms with E-state index in [1.165, 1.54) is 0 Å². The van der Waals surface area contributed by atoms with Crippen LogP contribution in [0, 0.1) is 0 Å². The van der Waals surface area contributed by atoms with Gasteiger partial charge in [0.15, 0.2) is 0 Å². The lowest BCUT2D eigenvalue weighted by Crippen LogP contribution is -2.17. The van der Waals surface area contributed by atoms with Crippen LogP contribution in [0.5, 0.6) is 5.75 Å². The van der Waals surface area contributed by atoms with Gasteiger partial charge in [-0.3, -0.25) is 0 Å². The molecule has 0 N–H and O–H groups in total. The molecule has 72 valence electrons. The van der Waals surface area contributed by atoms with E-state index in [-0.39, 0.29) is 0 Å². The normalized spacial score (nSPS) is 12.5. The smallest absolute Gasteiger partial charge is 0.119 e. The van der Waals surface area contributed by atoms with Crippen LogP contribution in [0.2, 0.25) is 0 Å². The molecule has 1 unspecified atom stereocenters. The van der Waals surface area contributed by atoms with Crippen LogP contribution in [-0.4, -0.2) is 11.4 Å². The Labute approximate surface area is 88.2 Å². The topological polar surface area (TPSA) is 9.23 Å². The predicted octanol–water partition coefficient (Wildman–Crippen LogP) is 3.63. The minimum absolute atomic E-state index is 0.299. The number of rotatable bonds is 5. The van der Waals surface area contributed by atoms with Gasteiger partial charge in [-0.15, -0.1) is 0 Å². The van der Waals surface area contributed by atoms with Gasteiger partial charge in [0.05, 0.1) is 0 Å². The fourth-order valence-electron chi connectivity index (χ4n) is 1.18. The van der Waals surface area contributed by atoms with E-state index in [9.17, 15) is 0 Å². The lowest BCUT2D eigenvalue weighted by molar-refractivity contribution is 0.215. The molecule has 1 rings (SSSR count). The fourth-order valence-corrected chi connectivity index (χ4v) is 1.64. The Bertz CT molecular complexity index is 223. The van der Waals surface area contributed by atoms with E-state index in [4.69, 9.17) is 4.74 Å². The zero-order chi connectivity index (χ0) is 9.52. The Hall–Kier alpha value is -0.500. The highest BCUT2D eigenvalue weighted by Gasteiger charge is 2.06. The van der Waals surface area contributed by atoms with Crippen LogP contribution >= 0.6 is 15.9 Å². The van der Waals surface area contributed by atoms with Gasteiger partial charge in [0, 0.05) is 5.33 Å². The molecule has 0 heterocycles. The molecule has 0 aromatic heterocycles. The van der Waals surface area contributed by atoms with E-state index in [0.29, 0.717) is 6.10 Å². The lowest BCUT2D eigenvalue weighted by atomic mass is 10.2. The first kappa shape index (κ1) is 10.6. The molecular formula is C11H15BrO. The lowest BCUT2D eigenvalue weighted by Gasteiger charge is -2.15. The van der Waals surface area contributed by atoms with Crippen molar-refractivity contribution in [2.75, 3.05) is 5.33 Å². The Kier molecular flexibility index (Phi) is 4.91. The van der Waals surface area contributed by atoms with Gasteiger partial charge in [-0.05, 0) is 18.6 Å². The molecule has 1 nitrogen and oxygen atoms in total. The molecule has 0 spiro atoms. The van der Waals surface area contributed by atoms with Crippen molar-refractivity contribution >= 4 is 15.9 Å². The molecule has 0 fully saturated rings. The second kappa shape index (κ2) is 6.03. The summed E-state index contributed by atoms with van der Waals surface area (Å²) in [6, 6.07) is 9.96. The summed E-state index contributed by atoms with van der Waals surface area (Å²) in [5, 5.41) is 0.899. The molecule has 2 heteroatoms. The van der Waals surface area contributed by atoms with Gasteiger partial charge in [-0.1, -0.05) is 47.5 Å². The van der Waals surface area contributed by atoms with Crippen LogP contribution in [0.4, 0.5) is 0 Å². The number of benzene rings is 1. The average molecular weight is 243 g/mol. The van der Waals surface area contributed by atoms with Crippen LogP contribution in [0.25, 0.3) is 0 Å². The van der Waals surface area contributed by atoms with Gasteiger partial charge >= 0.3 is 0 Å². The average Bonchev–Trinajstić information content (AvgIpc) is 2.19. The summed E-state index contributed by atoms with van der Waals surface area (Å²) in [4.78, 5) is 0. The van der Waals surface area contributed by atoms with Gasteiger partial charge in [-0.25, -0.2) is 0 Å². The third-order valence-electron chi connectivity index (χ3n) is 1.83. The summed E-state index contributed by atoms with van der Waals surface area (Å²) in [6.07, 6.45) is 2.55. The van der Waals surface area contributed by atoms with Crippen molar-refractivity contribution in [3.05, 3.63) is 30.3 Å². The Morgan fingerprint density at radius 3 is 2.54 bits per heavy atom. The molecule has 13 heavy (non-hydrogen) atoms. The number of halogens is 1. The third kappa shape index (κ3) is 3.81. The molecule has 1 aromatic rings. The number of hydrogen-bond donors (Lipinski definition) is 0. The highest BCUT2D eigenvalue weighted by Crippen LogP contribution is 2.14. The Morgan fingerprint density at radius 1 is 1.31 bits per heavy atom. The van der Waals surface area contributed by atoms with E-state index in [1.807, 2.05) is 30.3 Å². The summed E-state index contributed by atoms with van der Waals surface area (Å²) < 4.78 is 5.76. The fraction of sp³-hybridized carbons (Fsp3) is 0.455. The molecule has 0 radical (unpaired) electrons. The van der Waals surface area contributed by atoms with Crippen molar-refractivity contribution in [3.8, 4) is 5.75 Å². The van der Waals surface area contributed by atoms with Crippen LogP contribution in [0.15, 0.2) is 30.3 Å². The maximum Gasteiger partial charge on any atom is 0.119 e. The van der Waals surface area contributed by atoms with Crippen LogP contribution in [0.3, 0.4) is 0 Å². The number of ether oxygens (including phenoxy) is 1. The molecule has 0 bridgehead atoms. The predicted molar refractivity (Wildman–Crippen MR) is 59.6 cm³/mol. The van der Waals surface area contributed by atoms with E-state index < -0.39 is 0 Å². The first-order valence-corrected chi connectivity index (χ1v) is 5.76. The number of para-hydroxylation sites is 1. The summed E-state index contributed by atoms with van der Waals surface area (Å²) >= 11 is 3.45. The summed E-state index contributed by atoms with van der Waals surface area (Å²) in [6.45, 7) is 2.17. The molecule has 0 saturated heterocycles. The van der Waals surface area contributed by atoms with Crippen molar-refractivity contribution in [2.45, 2.75) is 25.9 Å². The standard InChI is InChI=1S/C11H15BrO/c1-2-6-11(9-12)13-10-7-4-3-5-8-10/h3-5,7-8,11H,2,6,9H2,1H3. The van der Waals surface area contributed by atoms with E-state index in [0.717, 1.165) is 23.9 Å². The van der Waals surface area contributed by atoms with E-state index in [2.05, 4.69) is 22.9 Å². The van der Waals surface area contributed by atoms with Crippen molar-refractivity contribution in [1.82, 2.24) is 0 Å². The zero-order valence-corrected chi connectivity index (χ0v) is 9.46. The molecule has 1 aromatic carbocycles. The van der Waals surface area contributed by atoms with Gasteiger partial charge in [0.2, 0.25) is 0 Å². The molecule has 0 saturated carbocycles. The van der Waals surface area contributed by atoms with E-state index in [1.54, 1.807) is 0 Å². The van der Waals surface area contributed by atoms with Crippen molar-refractivity contribution < 1.29 is 4.74 Å². The molecule has 0 amide bonds. The molecule has 0 aliphatic heterocycles. The van der Waals surface area contributed by atoms with Gasteiger partial charge in [0.1, 0.15) is 11.9 Å². The second-order valence-corrected chi connectivity index (χ2v) is 3.64. The SMILES string of the molecule is CCCC(CBr)Oc1ccccc1. The molecular weight excluding hydrogens is 228 g/mol. The second-order valence-electron chi connectivity index (χ2n) is 3.00. The van der Waals surface area contributed by atoms with Crippen molar-refractivity contribution in [2.24, 2.45) is 0 Å². The Morgan fingerprint density at radius 2 is 2.00 bits per heavy atom. The molecule has 0 aliphatic carbocycles. The van der Waals surface area contributed by atoms with Crippen molar-refractivity contribution in [1.29, 1.82) is 0 Å². The van der Waals surface area contributed by atoms with Crippen molar-refractivity contribution in [3.63, 3.8) is 0 Å². The van der Waals surface area contributed by atoms with Crippen LogP contribution in [-0.2, 0) is 0 Å². The maximum absolute atomic E-state index is 5.76. The minimum atomic E-state index is 0.299. The van der Waals surface area contributed by atoms with Gasteiger partial charge in [0.25, 0.3) is 0 Å². The first-order chi connectivity index (χ1) is 6.36. The summed E-state index contributed by atoms with van der Waals surface area (Å²) in [7, 11) is 0. The van der Waals surface area contributed by atoms with Crippen LogP contribution < -0.4 is 4.74 Å². The highest BCUT2D eigenvalue weighted by molar-refractivity contribution is 9.09. The van der Waals surface area contributed by atoms with Crippen LogP contribution in [0.1, 0.15) is 19.8 Å². The quantitative estimate of drug-likeness (QED) is 0.717. The van der Waals surface area contributed by atoms with Gasteiger partial charge in [-0.2, -0.15) is 0 Å². The minimum Gasteiger partial charge on any atom is -0.490 e. The van der Waals surface area contributed by atoms with E-state index >= 15 is 0 Å². The summed E-state index contributed by atoms with van der Waals surface area (Å²) in [5.74, 6) is 0.959. The molecule has 1 atom stereocenters. The summed E-state index contributed by atoms with van der Waals surface area (Å²) in [5.41, 5.74) is 0. The number of hydrogen-bond acceptors (Lipinski definition) is 1. The Balaban J connectivity index is 2.46. The largest absolute Gasteiger partial charge is 0.490 e. The monoisotopic (exact) mass is 242 g/mol. The first-order valence-electron chi connectivity index (χ1n) is 4.64. The van der Waals surface area contributed by atoms with Gasteiger partial charge < -0.3 is 4.74 Å². The highest BCUT2D eigenvalue weighted by atomic mass is 79.9. The zero-order valence-electron chi connectivity index (χ0n) is 7.87. The third-order valence-corrected chi connectivity index (χ3v) is 2.55. The maximum atomic E-state index is 5.76. The number of alkyl halides is 1.